The number of nitriles is 1. The van der Waals surface area contributed by atoms with Gasteiger partial charge in [-0.15, -0.1) is 11.3 Å². The maximum atomic E-state index is 12.4. The molecule has 0 spiro atoms. The molecule has 0 radical (unpaired) electrons. The van der Waals surface area contributed by atoms with E-state index in [4.69, 9.17) is 9.47 Å². The topological polar surface area (TPSA) is 59.3 Å². The number of hydrogen-bond donors (Lipinski definition) is 0. The summed E-state index contributed by atoms with van der Waals surface area (Å²) in [5, 5.41) is 11.2. The van der Waals surface area contributed by atoms with Crippen molar-refractivity contribution in [3.63, 3.8) is 0 Å². The number of methoxy groups -OCH3 is 1. The Morgan fingerprint density at radius 3 is 2.70 bits per heavy atom. The lowest BCUT2D eigenvalue weighted by Crippen LogP contribution is -2.01. The standard InChI is InChI=1S/C18H17NO3S/c1-4-22-15-6-5-13(10-16(15)21-3)9-14(11-19)17(20)18-12(2)7-8-23-18/h5-10H,4H2,1-3H3/b14-9-. The minimum Gasteiger partial charge on any atom is -0.493 e. The van der Waals surface area contributed by atoms with Crippen LogP contribution in [0.25, 0.3) is 6.08 Å². The molecule has 1 aromatic heterocycles. The Hall–Kier alpha value is -2.58. The largest absolute Gasteiger partial charge is 0.493 e. The lowest BCUT2D eigenvalue weighted by molar-refractivity contribution is 0.104. The molecule has 0 saturated heterocycles. The van der Waals surface area contributed by atoms with Crippen LogP contribution in [-0.2, 0) is 0 Å². The van der Waals surface area contributed by atoms with Crippen molar-refractivity contribution in [1.29, 1.82) is 5.26 Å². The van der Waals surface area contributed by atoms with Crippen molar-refractivity contribution < 1.29 is 14.3 Å². The molecule has 23 heavy (non-hydrogen) atoms. The van der Waals surface area contributed by atoms with Crippen LogP contribution in [0.15, 0.2) is 35.2 Å². The van der Waals surface area contributed by atoms with Gasteiger partial charge in [-0.05, 0) is 54.6 Å². The normalized spacial score (nSPS) is 11.0. The van der Waals surface area contributed by atoms with E-state index in [1.165, 1.54) is 11.3 Å². The van der Waals surface area contributed by atoms with E-state index in [0.717, 1.165) is 5.56 Å². The number of carbonyl (C=O) groups is 1. The molecule has 0 amide bonds. The van der Waals surface area contributed by atoms with Gasteiger partial charge in [-0.3, -0.25) is 4.79 Å². The van der Waals surface area contributed by atoms with Gasteiger partial charge < -0.3 is 9.47 Å². The molecular formula is C18H17NO3S. The van der Waals surface area contributed by atoms with Crippen LogP contribution in [0.3, 0.4) is 0 Å². The zero-order valence-corrected chi connectivity index (χ0v) is 14.1. The monoisotopic (exact) mass is 327 g/mol. The highest BCUT2D eigenvalue weighted by atomic mass is 32.1. The SMILES string of the molecule is CCOc1ccc(/C=C(/C#N)C(=O)c2sccc2C)cc1OC. The predicted octanol–water partition coefficient (Wildman–Crippen LogP) is 4.25. The minimum atomic E-state index is -0.257. The second-order valence-electron chi connectivity index (χ2n) is 4.77. The predicted molar refractivity (Wildman–Crippen MR) is 91.1 cm³/mol. The molecule has 0 aliphatic rings. The Bertz CT molecular complexity index is 784. The van der Waals surface area contributed by atoms with E-state index in [0.29, 0.717) is 28.5 Å². The van der Waals surface area contributed by atoms with E-state index < -0.39 is 0 Å². The third-order valence-electron chi connectivity index (χ3n) is 3.23. The summed E-state index contributed by atoms with van der Waals surface area (Å²) in [7, 11) is 1.55. The minimum absolute atomic E-state index is 0.0989. The van der Waals surface area contributed by atoms with Crippen molar-refractivity contribution in [3.8, 4) is 17.6 Å². The van der Waals surface area contributed by atoms with Gasteiger partial charge in [0.15, 0.2) is 11.5 Å². The van der Waals surface area contributed by atoms with E-state index >= 15 is 0 Å². The van der Waals surface area contributed by atoms with Gasteiger partial charge in [0.2, 0.25) is 5.78 Å². The summed E-state index contributed by atoms with van der Waals surface area (Å²) in [5.41, 5.74) is 1.69. The van der Waals surface area contributed by atoms with Gasteiger partial charge in [0.05, 0.1) is 18.6 Å². The zero-order valence-electron chi connectivity index (χ0n) is 13.3. The Kier molecular flexibility index (Phi) is 5.56. The van der Waals surface area contributed by atoms with Crippen molar-refractivity contribution >= 4 is 23.2 Å². The lowest BCUT2D eigenvalue weighted by Gasteiger charge is -2.09. The molecule has 0 unspecified atom stereocenters. The van der Waals surface area contributed by atoms with E-state index in [2.05, 4.69) is 0 Å². The summed E-state index contributed by atoms with van der Waals surface area (Å²) in [4.78, 5) is 13.0. The third kappa shape index (κ3) is 3.79. The Balaban J connectivity index is 2.37. The van der Waals surface area contributed by atoms with Gasteiger partial charge in [0, 0.05) is 0 Å². The van der Waals surface area contributed by atoms with Crippen LogP contribution in [-0.4, -0.2) is 19.5 Å². The maximum Gasteiger partial charge on any atom is 0.213 e. The molecule has 0 aliphatic carbocycles. The maximum absolute atomic E-state index is 12.4. The number of benzene rings is 1. The van der Waals surface area contributed by atoms with Crippen molar-refractivity contribution in [2.75, 3.05) is 13.7 Å². The number of ketones is 1. The first-order valence-electron chi connectivity index (χ1n) is 7.12. The van der Waals surface area contributed by atoms with Crippen LogP contribution < -0.4 is 9.47 Å². The number of nitrogens with zero attached hydrogens (tertiary/aromatic N) is 1. The number of ether oxygens (including phenoxy) is 2. The summed E-state index contributed by atoms with van der Waals surface area (Å²) < 4.78 is 10.7. The lowest BCUT2D eigenvalue weighted by atomic mass is 10.0. The summed E-state index contributed by atoms with van der Waals surface area (Å²) in [6.45, 7) is 4.28. The van der Waals surface area contributed by atoms with E-state index in [1.54, 1.807) is 31.4 Å². The van der Waals surface area contributed by atoms with Gasteiger partial charge in [-0.25, -0.2) is 0 Å². The van der Waals surface area contributed by atoms with E-state index in [1.807, 2.05) is 31.4 Å². The molecule has 1 heterocycles. The van der Waals surface area contributed by atoms with Crippen LogP contribution in [0.5, 0.6) is 11.5 Å². The van der Waals surface area contributed by atoms with Crippen molar-refractivity contribution in [2.24, 2.45) is 0 Å². The van der Waals surface area contributed by atoms with Gasteiger partial charge >= 0.3 is 0 Å². The van der Waals surface area contributed by atoms with Crippen LogP contribution in [0, 0.1) is 18.3 Å². The van der Waals surface area contributed by atoms with Gasteiger partial charge in [-0.1, -0.05) is 6.07 Å². The fraction of sp³-hybridized carbons (Fsp3) is 0.222. The molecule has 5 heteroatoms. The molecule has 0 aliphatic heterocycles. The molecular weight excluding hydrogens is 310 g/mol. The van der Waals surface area contributed by atoms with Crippen molar-refractivity contribution in [3.05, 3.63) is 51.2 Å². The Morgan fingerprint density at radius 1 is 1.35 bits per heavy atom. The molecule has 0 N–H and O–H groups in total. The molecule has 4 nitrogen and oxygen atoms in total. The number of hydrogen-bond acceptors (Lipinski definition) is 5. The highest BCUT2D eigenvalue weighted by Gasteiger charge is 2.16. The van der Waals surface area contributed by atoms with Crippen molar-refractivity contribution in [1.82, 2.24) is 0 Å². The molecule has 0 atom stereocenters. The Labute approximate surface area is 139 Å². The number of Topliss-reactive ketones (excluding diaryl/α,β-unsaturated/α-hetero) is 1. The molecule has 0 fully saturated rings. The smallest absolute Gasteiger partial charge is 0.213 e. The van der Waals surface area contributed by atoms with E-state index in [9.17, 15) is 10.1 Å². The average Bonchev–Trinajstić information content (AvgIpc) is 2.99. The zero-order chi connectivity index (χ0) is 16.8. The van der Waals surface area contributed by atoms with Crippen LogP contribution in [0.2, 0.25) is 0 Å². The van der Waals surface area contributed by atoms with Crippen LogP contribution in [0.1, 0.15) is 27.7 Å². The molecule has 0 bridgehead atoms. The number of rotatable bonds is 6. The number of carbonyl (C=O) groups excluding carboxylic acids is 1. The highest BCUT2D eigenvalue weighted by molar-refractivity contribution is 7.12. The Morgan fingerprint density at radius 2 is 2.13 bits per heavy atom. The molecule has 1 aromatic carbocycles. The van der Waals surface area contributed by atoms with Crippen molar-refractivity contribution in [2.45, 2.75) is 13.8 Å². The van der Waals surface area contributed by atoms with E-state index in [-0.39, 0.29) is 11.4 Å². The fourth-order valence-corrected chi connectivity index (χ4v) is 2.97. The van der Waals surface area contributed by atoms with Gasteiger partial charge in [-0.2, -0.15) is 5.26 Å². The summed E-state index contributed by atoms with van der Waals surface area (Å²) in [6, 6.07) is 9.16. The van der Waals surface area contributed by atoms with Gasteiger partial charge in [0.25, 0.3) is 0 Å². The molecule has 118 valence electrons. The van der Waals surface area contributed by atoms with Crippen LogP contribution in [0.4, 0.5) is 0 Å². The second-order valence-corrected chi connectivity index (χ2v) is 5.69. The molecule has 0 saturated carbocycles. The number of thiophene rings is 1. The average molecular weight is 327 g/mol. The molecule has 2 rings (SSSR count). The van der Waals surface area contributed by atoms with Crippen LogP contribution >= 0.6 is 11.3 Å². The number of allylic oxidation sites excluding steroid dienone is 1. The summed E-state index contributed by atoms with van der Waals surface area (Å²) >= 11 is 1.34. The fourth-order valence-electron chi connectivity index (χ4n) is 2.09. The highest BCUT2D eigenvalue weighted by Crippen LogP contribution is 2.29. The summed E-state index contributed by atoms with van der Waals surface area (Å²) in [6.07, 6.45) is 1.57. The third-order valence-corrected chi connectivity index (χ3v) is 4.25. The molecule has 2 aromatic rings. The summed E-state index contributed by atoms with van der Waals surface area (Å²) in [5.74, 6) is 0.941. The first-order valence-corrected chi connectivity index (χ1v) is 8.00. The number of aryl methyl sites for hydroxylation is 1. The first kappa shape index (κ1) is 16.8. The first-order chi connectivity index (χ1) is 11.1. The quantitative estimate of drug-likeness (QED) is 0.452. The van der Waals surface area contributed by atoms with Gasteiger partial charge in [0.1, 0.15) is 11.6 Å². The second kappa shape index (κ2) is 7.61.